The Morgan fingerprint density at radius 2 is 2.00 bits per heavy atom. The highest BCUT2D eigenvalue weighted by molar-refractivity contribution is 7.19. The number of hydrogen-bond acceptors (Lipinski definition) is 7. The molecule has 3 aromatic rings. The third-order valence-corrected chi connectivity index (χ3v) is 6.84. The summed E-state index contributed by atoms with van der Waals surface area (Å²) in [5.74, 6) is -0.206. The van der Waals surface area contributed by atoms with Crippen LogP contribution in [0, 0.1) is 18.3 Å². The van der Waals surface area contributed by atoms with E-state index in [1.54, 1.807) is 10.9 Å². The van der Waals surface area contributed by atoms with E-state index < -0.39 is 0 Å². The molecule has 1 saturated heterocycles. The maximum atomic E-state index is 13.3. The number of nitriles is 1. The summed E-state index contributed by atoms with van der Waals surface area (Å²) in [6, 6.07) is 11.8. The van der Waals surface area contributed by atoms with E-state index in [0.717, 1.165) is 31.0 Å². The van der Waals surface area contributed by atoms with Crippen molar-refractivity contribution < 1.29 is 4.79 Å². The van der Waals surface area contributed by atoms with Crippen LogP contribution >= 0.6 is 11.3 Å². The number of likely N-dealkylation sites (tertiary alicyclic amines) is 1. The van der Waals surface area contributed by atoms with Crippen molar-refractivity contribution in [1.82, 2.24) is 14.7 Å². The molecule has 2 aromatic heterocycles. The van der Waals surface area contributed by atoms with E-state index in [-0.39, 0.29) is 11.5 Å². The van der Waals surface area contributed by atoms with Gasteiger partial charge in [0.25, 0.3) is 0 Å². The molecule has 0 bridgehead atoms. The SMILES string of the molecule is Cc1c(C(=O)c2sc(NCCN3CCCCC3)c(C#N)c2N)cnn1-c1ccccc1. The first-order chi connectivity index (χ1) is 15.1. The predicted octanol–water partition coefficient (Wildman–Crippen LogP) is 3.82. The topological polar surface area (TPSA) is 100.0 Å². The molecule has 0 radical (unpaired) electrons. The number of hydrogen-bond donors (Lipinski definition) is 2. The van der Waals surface area contributed by atoms with Crippen molar-refractivity contribution >= 4 is 27.8 Å². The van der Waals surface area contributed by atoms with E-state index in [9.17, 15) is 10.1 Å². The summed E-state index contributed by atoms with van der Waals surface area (Å²) in [4.78, 5) is 16.1. The maximum Gasteiger partial charge on any atom is 0.208 e. The van der Waals surface area contributed by atoms with Gasteiger partial charge in [-0.25, -0.2) is 4.68 Å². The number of carbonyl (C=O) groups excluding carboxylic acids is 1. The van der Waals surface area contributed by atoms with Crippen LogP contribution in [-0.4, -0.2) is 46.6 Å². The van der Waals surface area contributed by atoms with E-state index in [1.807, 2.05) is 37.3 Å². The molecule has 0 saturated carbocycles. The lowest BCUT2D eigenvalue weighted by atomic mass is 10.1. The van der Waals surface area contributed by atoms with Gasteiger partial charge in [-0.05, 0) is 45.0 Å². The lowest BCUT2D eigenvalue weighted by Gasteiger charge is -2.26. The zero-order chi connectivity index (χ0) is 21.8. The van der Waals surface area contributed by atoms with Crippen LogP contribution in [0.4, 0.5) is 10.7 Å². The number of nitrogens with zero attached hydrogens (tertiary/aromatic N) is 4. The van der Waals surface area contributed by atoms with E-state index in [0.29, 0.717) is 27.5 Å². The molecule has 1 aliphatic heterocycles. The highest BCUT2D eigenvalue weighted by Gasteiger charge is 2.25. The van der Waals surface area contributed by atoms with Gasteiger partial charge in [0, 0.05) is 13.1 Å². The van der Waals surface area contributed by atoms with Crippen molar-refractivity contribution in [3.8, 4) is 11.8 Å². The molecule has 160 valence electrons. The molecule has 3 heterocycles. The smallest absolute Gasteiger partial charge is 0.208 e. The molecule has 1 aromatic carbocycles. The Bertz CT molecular complexity index is 1110. The van der Waals surface area contributed by atoms with Crippen molar-refractivity contribution in [2.45, 2.75) is 26.2 Å². The van der Waals surface area contributed by atoms with Crippen molar-refractivity contribution in [1.29, 1.82) is 5.26 Å². The molecule has 0 unspecified atom stereocenters. The van der Waals surface area contributed by atoms with Gasteiger partial charge in [0.05, 0.1) is 28.8 Å². The van der Waals surface area contributed by atoms with Gasteiger partial charge >= 0.3 is 0 Å². The fraction of sp³-hybridized carbons (Fsp3) is 0.348. The highest BCUT2D eigenvalue weighted by atomic mass is 32.1. The molecular weight excluding hydrogens is 408 g/mol. The molecule has 0 spiro atoms. The fourth-order valence-corrected chi connectivity index (χ4v) is 4.99. The number of carbonyl (C=O) groups is 1. The van der Waals surface area contributed by atoms with Gasteiger partial charge < -0.3 is 16.0 Å². The van der Waals surface area contributed by atoms with Crippen molar-refractivity contribution in [2.24, 2.45) is 0 Å². The summed E-state index contributed by atoms with van der Waals surface area (Å²) in [6.45, 7) is 5.73. The molecule has 7 nitrogen and oxygen atoms in total. The van der Waals surface area contributed by atoms with Crippen molar-refractivity contribution in [2.75, 3.05) is 37.2 Å². The predicted molar refractivity (Wildman–Crippen MR) is 124 cm³/mol. The number of thiophene rings is 1. The largest absolute Gasteiger partial charge is 0.396 e. The van der Waals surface area contributed by atoms with Gasteiger partial charge in [0.1, 0.15) is 21.5 Å². The summed E-state index contributed by atoms with van der Waals surface area (Å²) in [5, 5.41) is 18.0. The minimum atomic E-state index is -0.206. The zero-order valence-electron chi connectivity index (χ0n) is 17.6. The molecule has 3 N–H and O–H groups in total. The summed E-state index contributed by atoms with van der Waals surface area (Å²) in [5.41, 5.74) is 8.92. The Morgan fingerprint density at radius 3 is 2.71 bits per heavy atom. The Kier molecular flexibility index (Phi) is 6.35. The van der Waals surface area contributed by atoms with Crippen LogP contribution in [0.2, 0.25) is 0 Å². The molecule has 0 aliphatic carbocycles. The summed E-state index contributed by atoms with van der Waals surface area (Å²) < 4.78 is 1.74. The van der Waals surface area contributed by atoms with E-state index >= 15 is 0 Å². The van der Waals surface area contributed by atoms with Gasteiger partial charge in [0.2, 0.25) is 5.78 Å². The second-order valence-corrected chi connectivity index (χ2v) is 8.73. The second kappa shape index (κ2) is 9.33. The number of para-hydroxylation sites is 1. The Labute approximate surface area is 186 Å². The minimum Gasteiger partial charge on any atom is -0.396 e. The Hall–Kier alpha value is -3.15. The van der Waals surface area contributed by atoms with Crippen LogP contribution in [0.5, 0.6) is 0 Å². The first kappa shape index (κ1) is 21.1. The second-order valence-electron chi connectivity index (χ2n) is 7.71. The quantitative estimate of drug-likeness (QED) is 0.548. The van der Waals surface area contributed by atoms with Crippen LogP contribution < -0.4 is 11.1 Å². The van der Waals surface area contributed by atoms with Gasteiger partial charge in [0.15, 0.2) is 0 Å². The van der Waals surface area contributed by atoms with E-state index in [4.69, 9.17) is 5.73 Å². The lowest BCUT2D eigenvalue weighted by Crippen LogP contribution is -2.33. The highest BCUT2D eigenvalue weighted by Crippen LogP contribution is 2.37. The van der Waals surface area contributed by atoms with Gasteiger partial charge in [-0.2, -0.15) is 10.4 Å². The van der Waals surface area contributed by atoms with Crippen molar-refractivity contribution in [3.05, 3.63) is 58.2 Å². The van der Waals surface area contributed by atoms with E-state index in [2.05, 4.69) is 21.4 Å². The molecule has 1 fully saturated rings. The number of nitrogens with one attached hydrogen (secondary N) is 1. The molecule has 1 aliphatic rings. The summed E-state index contributed by atoms with van der Waals surface area (Å²) >= 11 is 1.25. The number of benzene rings is 1. The summed E-state index contributed by atoms with van der Waals surface area (Å²) in [7, 11) is 0. The van der Waals surface area contributed by atoms with E-state index in [1.165, 1.54) is 30.6 Å². The fourth-order valence-electron chi connectivity index (χ4n) is 3.94. The molecule has 31 heavy (non-hydrogen) atoms. The first-order valence-corrected chi connectivity index (χ1v) is 11.3. The first-order valence-electron chi connectivity index (χ1n) is 10.5. The third-order valence-electron chi connectivity index (χ3n) is 5.68. The zero-order valence-corrected chi connectivity index (χ0v) is 18.4. The number of anilines is 2. The number of aromatic nitrogens is 2. The molecule has 0 atom stereocenters. The average molecular weight is 435 g/mol. The normalized spacial score (nSPS) is 14.3. The molecule has 0 amide bonds. The average Bonchev–Trinajstić information content (AvgIpc) is 3.34. The number of ketones is 1. The van der Waals surface area contributed by atoms with Crippen molar-refractivity contribution in [3.63, 3.8) is 0 Å². The number of piperidine rings is 1. The number of nitrogens with two attached hydrogens (primary N) is 1. The number of rotatable bonds is 7. The standard InChI is InChI=1S/C23H26N6OS/c1-16-19(15-27-29(16)17-8-4-2-5-9-17)21(30)22-20(25)18(14-24)23(31-22)26-10-13-28-11-6-3-7-12-28/h2,4-5,8-9,15,26H,3,6-7,10-13,25H2,1H3. The van der Waals surface area contributed by atoms with Crippen LogP contribution in [0.3, 0.4) is 0 Å². The van der Waals surface area contributed by atoms with Gasteiger partial charge in [-0.15, -0.1) is 11.3 Å². The molecule has 4 rings (SSSR count). The molecular formula is C23H26N6OS. The van der Waals surface area contributed by atoms with Crippen LogP contribution in [0.25, 0.3) is 5.69 Å². The van der Waals surface area contributed by atoms with Gasteiger partial charge in [-0.1, -0.05) is 24.6 Å². The Balaban J connectivity index is 1.54. The Morgan fingerprint density at radius 1 is 1.26 bits per heavy atom. The van der Waals surface area contributed by atoms with Crippen LogP contribution in [-0.2, 0) is 0 Å². The van der Waals surface area contributed by atoms with Crippen LogP contribution in [0.15, 0.2) is 36.5 Å². The minimum absolute atomic E-state index is 0.206. The maximum absolute atomic E-state index is 13.3. The summed E-state index contributed by atoms with van der Waals surface area (Å²) in [6.07, 6.45) is 5.35. The monoisotopic (exact) mass is 434 g/mol. The number of nitrogen functional groups attached to an aromatic ring is 1. The van der Waals surface area contributed by atoms with Gasteiger partial charge in [-0.3, -0.25) is 4.79 Å². The lowest BCUT2D eigenvalue weighted by molar-refractivity contribution is 0.104. The van der Waals surface area contributed by atoms with Crippen LogP contribution in [0.1, 0.15) is 45.8 Å². The molecule has 8 heteroatoms. The third kappa shape index (κ3) is 4.33.